The molecule has 0 radical (unpaired) electrons. The third-order valence-electron chi connectivity index (χ3n) is 3.30. The van der Waals surface area contributed by atoms with Crippen LogP contribution in [0.3, 0.4) is 0 Å². The number of ether oxygens (including phenoxy) is 1. The summed E-state index contributed by atoms with van der Waals surface area (Å²) >= 11 is 2.12. The molecule has 0 aliphatic heterocycles. The van der Waals surface area contributed by atoms with Crippen LogP contribution in [0.1, 0.15) is 5.56 Å². The molecule has 0 saturated carbocycles. The lowest BCUT2D eigenvalue weighted by molar-refractivity contribution is -0.388. The number of benzene rings is 2. The number of hydrogen-bond acceptors (Lipinski definition) is 4. The van der Waals surface area contributed by atoms with Gasteiger partial charge in [-0.15, -0.1) is 0 Å². The van der Waals surface area contributed by atoms with Crippen molar-refractivity contribution in [2.45, 2.75) is 6.18 Å². The first-order valence-corrected chi connectivity index (χ1v) is 8.39. The standard InChI is InChI=1S/C17H12F3IN2O4/c1-10(9-27-13-5-2-11(21)3-6-13)16(24)22-12-4-7-15(23(25)26)14(8-12)17(18,19)20/h2-8H,1,9H2,(H,22,24). The van der Waals surface area contributed by atoms with E-state index in [9.17, 15) is 28.1 Å². The van der Waals surface area contributed by atoms with Gasteiger partial charge in [-0.3, -0.25) is 14.9 Å². The van der Waals surface area contributed by atoms with E-state index in [1.807, 2.05) is 0 Å². The molecule has 2 aromatic rings. The molecular formula is C17H12F3IN2O4. The number of hydrogen-bond donors (Lipinski definition) is 1. The van der Waals surface area contributed by atoms with E-state index < -0.39 is 28.3 Å². The third-order valence-corrected chi connectivity index (χ3v) is 4.02. The highest BCUT2D eigenvalue weighted by molar-refractivity contribution is 14.1. The van der Waals surface area contributed by atoms with Crippen LogP contribution in [0, 0.1) is 13.7 Å². The molecule has 0 fully saturated rings. The summed E-state index contributed by atoms with van der Waals surface area (Å²) in [5.41, 5.74) is -2.82. The molecule has 0 unspecified atom stereocenters. The fourth-order valence-corrected chi connectivity index (χ4v) is 2.35. The normalized spacial score (nSPS) is 11.0. The van der Waals surface area contributed by atoms with E-state index in [2.05, 4.69) is 34.5 Å². The SMILES string of the molecule is C=C(COc1ccc(I)cc1)C(=O)Nc1ccc([N+](=O)[O-])c(C(F)(F)F)c1. The number of nitrogens with zero attached hydrogens (tertiary/aromatic N) is 1. The van der Waals surface area contributed by atoms with Gasteiger partial charge in [0.1, 0.15) is 17.9 Å². The lowest BCUT2D eigenvalue weighted by Crippen LogP contribution is -2.19. The van der Waals surface area contributed by atoms with Gasteiger partial charge < -0.3 is 10.1 Å². The predicted molar refractivity (Wildman–Crippen MR) is 101 cm³/mol. The monoisotopic (exact) mass is 492 g/mol. The Balaban J connectivity index is 2.07. The Hall–Kier alpha value is -2.63. The third kappa shape index (κ3) is 5.67. The lowest BCUT2D eigenvalue weighted by Gasteiger charge is -2.12. The molecule has 0 aliphatic rings. The Labute approximate surface area is 165 Å². The largest absolute Gasteiger partial charge is 0.489 e. The summed E-state index contributed by atoms with van der Waals surface area (Å²) in [5.74, 6) is -0.262. The van der Waals surface area contributed by atoms with Crippen LogP contribution in [-0.2, 0) is 11.0 Å². The van der Waals surface area contributed by atoms with Crippen molar-refractivity contribution < 1.29 is 27.6 Å². The summed E-state index contributed by atoms with van der Waals surface area (Å²) in [6.07, 6.45) is -4.94. The second-order valence-electron chi connectivity index (χ2n) is 5.29. The van der Waals surface area contributed by atoms with Gasteiger partial charge in [-0.25, -0.2) is 0 Å². The van der Waals surface area contributed by atoms with Gasteiger partial charge in [0.15, 0.2) is 0 Å². The molecule has 2 rings (SSSR count). The van der Waals surface area contributed by atoms with Crippen LogP contribution in [-0.4, -0.2) is 17.4 Å². The smallest absolute Gasteiger partial charge is 0.423 e. The summed E-state index contributed by atoms with van der Waals surface area (Å²) in [4.78, 5) is 21.7. The van der Waals surface area contributed by atoms with E-state index in [4.69, 9.17) is 4.74 Å². The minimum Gasteiger partial charge on any atom is -0.489 e. The number of alkyl halides is 3. The maximum absolute atomic E-state index is 13.0. The molecule has 0 aromatic heterocycles. The van der Waals surface area contributed by atoms with Gasteiger partial charge in [0.2, 0.25) is 0 Å². The van der Waals surface area contributed by atoms with E-state index in [1.165, 1.54) is 0 Å². The Bertz CT molecular complexity index is 883. The number of amides is 1. The topological polar surface area (TPSA) is 81.5 Å². The highest BCUT2D eigenvalue weighted by Crippen LogP contribution is 2.37. The zero-order valence-electron chi connectivity index (χ0n) is 13.5. The maximum atomic E-state index is 13.0. The average molecular weight is 492 g/mol. The van der Waals surface area contributed by atoms with Gasteiger partial charge in [0, 0.05) is 20.9 Å². The molecule has 0 bridgehead atoms. The average Bonchev–Trinajstić information content (AvgIpc) is 2.60. The summed E-state index contributed by atoms with van der Waals surface area (Å²) in [6.45, 7) is 3.36. The minimum absolute atomic E-state index is 0.0274. The lowest BCUT2D eigenvalue weighted by atomic mass is 10.1. The molecule has 27 heavy (non-hydrogen) atoms. The number of anilines is 1. The van der Waals surface area contributed by atoms with Crippen LogP contribution in [0.15, 0.2) is 54.6 Å². The molecule has 0 aliphatic carbocycles. The van der Waals surface area contributed by atoms with Gasteiger partial charge >= 0.3 is 6.18 Å². The van der Waals surface area contributed by atoms with E-state index in [1.54, 1.807) is 24.3 Å². The zero-order chi connectivity index (χ0) is 20.2. The minimum atomic E-state index is -4.94. The molecule has 0 heterocycles. The fraction of sp³-hybridized carbons (Fsp3) is 0.118. The molecule has 2 aromatic carbocycles. The predicted octanol–water partition coefficient (Wildman–Crippen LogP) is 4.79. The van der Waals surface area contributed by atoms with Crippen molar-refractivity contribution in [1.29, 1.82) is 0 Å². The van der Waals surface area contributed by atoms with Crippen molar-refractivity contribution in [2.24, 2.45) is 0 Å². The molecule has 1 N–H and O–H groups in total. The van der Waals surface area contributed by atoms with Crippen LogP contribution in [0.5, 0.6) is 5.75 Å². The Morgan fingerprint density at radius 1 is 1.22 bits per heavy atom. The highest BCUT2D eigenvalue weighted by atomic mass is 127. The quantitative estimate of drug-likeness (QED) is 0.272. The number of nitro groups is 1. The fourth-order valence-electron chi connectivity index (χ4n) is 1.99. The van der Waals surface area contributed by atoms with E-state index in [0.29, 0.717) is 17.9 Å². The second kappa shape index (κ2) is 8.37. The van der Waals surface area contributed by atoms with Crippen molar-refractivity contribution in [3.8, 4) is 5.75 Å². The molecule has 142 valence electrons. The summed E-state index contributed by atoms with van der Waals surface area (Å²) < 4.78 is 45.3. The zero-order valence-corrected chi connectivity index (χ0v) is 15.7. The number of carbonyl (C=O) groups is 1. The van der Waals surface area contributed by atoms with Crippen LogP contribution < -0.4 is 10.1 Å². The Kier molecular flexibility index (Phi) is 6.41. The van der Waals surface area contributed by atoms with Crippen molar-refractivity contribution in [3.05, 3.63) is 73.9 Å². The molecule has 0 atom stereocenters. The van der Waals surface area contributed by atoms with Crippen molar-refractivity contribution in [3.63, 3.8) is 0 Å². The molecule has 10 heteroatoms. The van der Waals surface area contributed by atoms with Gasteiger partial charge in [-0.1, -0.05) is 6.58 Å². The summed E-state index contributed by atoms with van der Waals surface area (Å²) in [7, 11) is 0. The number of rotatable bonds is 6. The number of halogens is 4. The number of nitro benzene ring substituents is 1. The molecule has 1 amide bonds. The van der Waals surface area contributed by atoms with Crippen LogP contribution in [0.2, 0.25) is 0 Å². The first-order chi connectivity index (χ1) is 12.6. The summed E-state index contributed by atoms with van der Waals surface area (Å²) in [6, 6.07) is 9.19. The van der Waals surface area contributed by atoms with Gasteiger partial charge in [-0.2, -0.15) is 13.2 Å². The van der Waals surface area contributed by atoms with Crippen LogP contribution in [0.25, 0.3) is 0 Å². The van der Waals surface area contributed by atoms with Crippen molar-refractivity contribution >= 4 is 39.9 Å². The first kappa shape index (κ1) is 20.7. The highest BCUT2D eigenvalue weighted by Gasteiger charge is 2.38. The first-order valence-electron chi connectivity index (χ1n) is 7.31. The van der Waals surface area contributed by atoms with E-state index in [0.717, 1.165) is 9.64 Å². The van der Waals surface area contributed by atoms with Crippen LogP contribution in [0.4, 0.5) is 24.5 Å². The molecular weight excluding hydrogens is 480 g/mol. The molecule has 0 saturated heterocycles. The van der Waals surface area contributed by atoms with Gasteiger partial charge in [0.25, 0.3) is 11.6 Å². The number of carbonyl (C=O) groups excluding carboxylic acids is 1. The number of nitrogens with one attached hydrogen (secondary N) is 1. The summed E-state index contributed by atoms with van der Waals surface area (Å²) in [5, 5.41) is 13.0. The van der Waals surface area contributed by atoms with E-state index >= 15 is 0 Å². The molecule has 0 spiro atoms. The van der Waals surface area contributed by atoms with Crippen molar-refractivity contribution in [2.75, 3.05) is 11.9 Å². The second-order valence-corrected chi connectivity index (χ2v) is 6.53. The van der Waals surface area contributed by atoms with E-state index in [-0.39, 0.29) is 17.9 Å². The molecule has 6 nitrogen and oxygen atoms in total. The Morgan fingerprint density at radius 2 is 1.85 bits per heavy atom. The van der Waals surface area contributed by atoms with Crippen LogP contribution >= 0.6 is 22.6 Å². The maximum Gasteiger partial charge on any atom is 0.423 e. The van der Waals surface area contributed by atoms with Gasteiger partial charge in [0.05, 0.1) is 4.92 Å². The Morgan fingerprint density at radius 3 is 2.41 bits per heavy atom. The van der Waals surface area contributed by atoms with Gasteiger partial charge in [-0.05, 0) is 59.0 Å². The van der Waals surface area contributed by atoms with Crippen molar-refractivity contribution in [1.82, 2.24) is 0 Å².